The van der Waals surface area contributed by atoms with E-state index in [1.165, 1.54) is 12.1 Å². The van der Waals surface area contributed by atoms with Crippen LogP contribution in [-0.4, -0.2) is 32.0 Å². The number of carbonyl (C=O) groups is 2. The highest BCUT2D eigenvalue weighted by atomic mass is 19.1. The van der Waals surface area contributed by atoms with E-state index in [2.05, 4.69) is 15.6 Å². The summed E-state index contributed by atoms with van der Waals surface area (Å²) in [6.45, 7) is 0.707. The van der Waals surface area contributed by atoms with Crippen molar-refractivity contribution in [1.29, 1.82) is 0 Å². The molecule has 0 saturated carbocycles. The second-order valence-corrected chi connectivity index (χ2v) is 7.89. The van der Waals surface area contributed by atoms with E-state index in [0.29, 0.717) is 30.8 Å². The summed E-state index contributed by atoms with van der Waals surface area (Å²) >= 11 is 0. The quantitative estimate of drug-likeness (QED) is 0.278. The van der Waals surface area contributed by atoms with Crippen LogP contribution in [0.25, 0.3) is 11.1 Å². The van der Waals surface area contributed by atoms with Crippen molar-refractivity contribution in [2.24, 2.45) is 0 Å². The topological polar surface area (TPSA) is 123 Å². The molecule has 1 aromatic heterocycles. The molecule has 0 spiro atoms. The number of nitrogens with one attached hydrogen (secondary N) is 1. The third-order valence-corrected chi connectivity index (χ3v) is 5.23. The van der Waals surface area contributed by atoms with Gasteiger partial charge in [-0.15, -0.1) is 5.10 Å². The number of nitrogen functional groups attached to an aromatic ring is 1. The number of aryl methyl sites for hydroxylation is 2. The van der Waals surface area contributed by atoms with Crippen molar-refractivity contribution in [3.05, 3.63) is 60.2 Å². The van der Waals surface area contributed by atoms with E-state index in [0.717, 1.165) is 36.1 Å². The lowest BCUT2D eigenvalue weighted by Crippen LogP contribution is -2.13. The highest BCUT2D eigenvalue weighted by Crippen LogP contribution is 2.27. The molecule has 0 unspecified atom stereocenters. The predicted molar refractivity (Wildman–Crippen MR) is 124 cm³/mol. The Hall–Kier alpha value is -3.75. The third kappa shape index (κ3) is 7.71. The van der Waals surface area contributed by atoms with E-state index < -0.39 is 5.97 Å². The van der Waals surface area contributed by atoms with Gasteiger partial charge >= 0.3 is 5.97 Å². The number of hydrogen-bond donors (Lipinski definition) is 3. The Balaban J connectivity index is 1.45. The Morgan fingerprint density at radius 2 is 1.73 bits per heavy atom. The molecule has 0 radical (unpaired) electrons. The van der Waals surface area contributed by atoms with E-state index in [9.17, 15) is 14.0 Å². The zero-order valence-electron chi connectivity index (χ0n) is 18.3. The van der Waals surface area contributed by atoms with Crippen molar-refractivity contribution in [1.82, 2.24) is 15.0 Å². The molecule has 3 aromatic rings. The number of hydrogen-bond acceptors (Lipinski definition) is 5. The zero-order chi connectivity index (χ0) is 23.6. The lowest BCUT2D eigenvalue weighted by molar-refractivity contribution is -0.137. The number of unbranched alkanes of at least 4 members (excludes halogenated alkanes) is 3. The highest BCUT2D eigenvalue weighted by Gasteiger charge is 2.10. The molecule has 3 rings (SSSR count). The van der Waals surface area contributed by atoms with Gasteiger partial charge in [0.05, 0.1) is 17.1 Å². The highest BCUT2D eigenvalue weighted by molar-refractivity contribution is 5.95. The van der Waals surface area contributed by atoms with Crippen LogP contribution in [-0.2, 0) is 22.6 Å². The number of carboxylic acids is 1. The number of carbonyl (C=O) groups excluding carboxylic acids is 1. The maximum absolute atomic E-state index is 13.2. The number of benzene rings is 2. The molecule has 0 bridgehead atoms. The molecule has 8 nitrogen and oxygen atoms in total. The van der Waals surface area contributed by atoms with Crippen molar-refractivity contribution in [2.45, 2.75) is 51.5 Å². The van der Waals surface area contributed by atoms with Crippen LogP contribution >= 0.6 is 0 Å². The van der Waals surface area contributed by atoms with Crippen LogP contribution in [0.3, 0.4) is 0 Å². The van der Waals surface area contributed by atoms with Crippen LogP contribution < -0.4 is 11.1 Å². The number of halogens is 1. The number of anilines is 2. The van der Waals surface area contributed by atoms with Gasteiger partial charge in [-0.2, -0.15) is 0 Å². The van der Waals surface area contributed by atoms with Crippen LogP contribution in [0.4, 0.5) is 15.8 Å². The number of rotatable bonds is 12. The fourth-order valence-corrected chi connectivity index (χ4v) is 3.41. The maximum Gasteiger partial charge on any atom is 0.303 e. The van der Waals surface area contributed by atoms with Crippen molar-refractivity contribution < 1.29 is 19.1 Å². The number of carboxylic acid groups (broad SMARTS) is 1. The minimum atomic E-state index is -0.761. The van der Waals surface area contributed by atoms with E-state index in [1.54, 1.807) is 28.9 Å². The fourth-order valence-electron chi connectivity index (χ4n) is 3.41. The van der Waals surface area contributed by atoms with Gasteiger partial charge in [0, 0.05) is 32.0 Å². The molecule has 2 aromatic carbocycles. The molecule has 0 aliphatic rings. The second kappa shape index (κ2) is 11.8. The molecular weight excluding hydrogens is 425 g/mol. The fraction of sp³-hybridized carbons (Fsp3) is 0.333. The van der Waals surface area contributed by atoms with E-state index in [-0.39, 0.29) is 24.6 Å². The molecule has 0 aliphatic heterocycles. The van der Waals surface area contributed by atoms with Crippen LogP contribution in [0, 0.1) is 5.82 Å². The van der Waals surface area contributed by atoms with Gasteiger partial charge in [-0.25, -0.2) is 4.39 Å². The molecule has 174 valence electrons. The number of amides is 1. The summed E-state index contributed by atoms with van der Waals surface area (Å²) in [6.07, 6.45) is 6.10. The normalized spacial score (nSPS) is 10.8. The van der Waals surface area contributed by atoms with Gasteiger partial charge in [-0.3, -0.25) is 14.3 Å². The first-order valence-electron chi connectivity index (χ1n) is 11.0. The van der Waals surface area contributed by atoms with Crippen LogP contribution in [0.15, 0.2) is 48.7 Å². The molecule has 0 fully saturated rings. The first-order chi connectivity index (χ1) is 15.9. The monoisotopic (exact) mass is 453 g/mol. The molecule has 1 heterocycles. The third-order valence-electron chi connectivity index (χ3n) is 5.23. The minimum Gasteiger partial charge on any atom is -0.481 e. The number of nitrogens with zero attached hydrogens (tertiary/aromatic N) is 3. The Bertz CT molecular complexity index is 1080. The molecular formula is C24H28FN5O3. The summed E-state index contributed by atoms with van der Waals surface area (Å²) in [6, 6.07) is 11.4. The van der Waals surface area contributed by atoms with Crippen molar-refractivity contribution in [3.63, 3.8) is 0 Å². The Morgan fingerprint density at radius 3 is 2.48 bits per heavy atom. The van der Waals surface area contributed by atoms with E-state index >= 15 is 0 Å². The van der Waals surface area contributed by atoms with E-state index in [1.807, 2.05) is 12.3 Å². The molecule has 0 aliphatic carbocycles. The van der Waals surface area contributed by atoms with Gasteiger partial charge in [-0.05, 0) is 48.2 Å². The Kier molecular flexibility index (Phi) is 8.51. The Morgan fingerprint density at radius 1 is 1.00 bits per heavy atom. The SMILES string of the molecule is Nc1ccc(-c2ccc(F)cc2)cc1NC(=O)CCc1cn(CCCCCCC(=O)O)nn1. The van der Waals surface area contributed by atoms with E-state index in [4.69, 9.17) is 10.8 Å². The molecule has 0 saturated heterocycles. The van der Waals surface area contributed by atoms with Crippen LogP contribution in [0.2, 0.25) is 0 Å². The van der Waals surface area contributed by atoms with Gasteiger partial charge in [0.2, 0.25) is 5.91 Å². The summed E-state index contributed by atoms with van der Waals surface area (Å²) in [5, 5.41) is 19.7. The standard InChI is InChI=1S/C24H28FN5O3/c25-19-9-6-17(7-10-19)18-8-12-21(26)22(15-18)27-23(31)13-11-20-16-30(29-28-20)14-4-2-1-3-5-24(32)33/h6-10,12,15-16H,1-5,11,13-14,26H2,(H,27,31)(H,32,33). The predicted octanol–water partition coefficient (Wildman–Crippen LogP) is 4.27. The van der Waals surface area contributed by atoms with Crippen molar-refractivity contribution in [3.8, 4) is 11.1 Å². The molecule has 9 heteroatoms. The lowest BCUT2D eigenvalue weighted by Gasteiger charge is -2.10. The summed E-state index contributed by atoms with van der Waals surface area (Å²) in [4.78, 5) is 22.9. The van der Waals surface area contributed by atoms with Gasteiger partial charge < -0.3 is 16.2 Å². The number of aromatic nitrogens is 3. The smallest absolute Gasteiger partial charge is 0.303 e. The lowest BCUT2D eigenvalue weighted by atomic mass is 10.0. The number of nitrogens with two attached hydrogens (primary N) is 1. The summed E-state index contributed by atoms with van der Waals surface area (Å²) in [5.41, 5.74) is 9.34. The maximum atomic E-state index is 13.2. The molecule has 0 atom stereocenters. The summed E-state index contributed by atoms with van der Waals surface area (Å²) in [7, 11) is 0. The first kappa shape index (κ1) is 23.9. The van der Waals surface area contributed by atoms with Crippen LogP contribution in [0.1, 0.15) is 44.2 Å². The van der Waals surface area contributed by atoms with Crippen molar-refractivity contribution in [2.75, 3.05) is 11.1 Å². The summed E-state index contributed by atoms with van der Waals surface area (Å²) < 4.78 is 14.9. The minimum absolute atomic E-state index is 0.189. The van der Waals surface area contributed by atoms with Gasteiger partial charge in [-0.1, -0.05) is 36.3 Å². The number of aliphatic carboxylic acids is 1. The first-order valence-corrected chi connectivity index (χ1v) is 11.0. The molecule has 33 heavy (non-hydrogen) atoms. The van der Waals surface area contributed by atoms with Crippen molar-refractivity contribution >= 4 is 23.3 Å². The Labute approximate surface area is 191 Å². The van der Waals surface area contributed by atoms with Gasteiger partial charge in [0.15, 0.2) is 0 Å². The molecule has 1 amide bonds. The average Bonchev–Trinajstić information content (AvgIpc) is 3.24. The van der Waals surface area contributed by atoms with Gasteiger partial charge in [0.1, 0.15) is 5.82 Å². The average molecular weight is 454 g/mol. The molecule has 4 N–H and O–H groups in total. The van der Waals surface area contributed by atoms with Gasteiger partial charge in [0.25, 0.3) is 0 Å². The zero-order valence-corrected chi connectivity index (χ0v) is 18.3. The second-order valence-electron chi connectivity index (χ2n) is 7.89. The largest absolute Gasteiger partial charge is 0.481 e. The summed E-state index contributed by atoms with van der Waals surface area (Å²) in [5.74, 6) is -1.26. The van der Waals surface area contributed by atoms with Crippen LogP contribution in [0.5, 0.6) is 0 Å².